The van der Waals surface area contributed by atoms with Crippen molar-refractivity contribution in [3.05, 3.63) is 108 Å². The number of anilines is 2. The summed E-state index contributed by atoms with van der Waals surface area (Å²) in [5.41, 5.74) is 12.8. The van der Waals surface area contributed by atoms with Gasteiger partial charge in [-0.05, 0) is 89.0 Å². The highest BCUT2D eigenvalue weighted by atomic mass is 15.3. The fraction of sp³-hybridized carbons (Fsp3) is 0.273. The summed E-state index contributed by atoms with van der Waals surface area (Å²) < 4.78 is 0. The number of benzene rings is 4. The summed E-state index contributed by atoms with van der Waals surface area (Å²) >= 11 is 0. The molecule has 1 fully saturated rings. The molecule has 0 amide bonds. The summed E-state index contributed by atoms with van der Waals surface area (Å²) in [7, 11) is 0. The Morgan fingerprint density at radius 2 is 1.24 bits per heavy atom. The van der Waals surface area contributed by atoms with Crippen LogP contribution in [0.3, 0.4) is 0 Å². The molecule has 1 saturated carbocycles. The van der Waals surface area contributed by atoms with Crippen LogP contribution in [0.25, 0.3) is 22.3 Å². The molecule has 1 nitrogen and oxygen atoms in total. The van der Waals surface area contributed by atoms with Crippen molar-refractivity contribution in [2.45, 2.75) is 56.9 Å². The second kappa shape index (κ2) is 6.42. The molecular formula is C33H31N. The van der Waals surface area contributed by atoms with Crippen molar-refractivity contribution >= 4 is 11.4 Å². The largest absolute Gasteiger partial charge is 0.334 e. The maximum atomic E-state index is 2.61. The van der Waals surface area contributed by atoms with Crippen LogP contribution in [0.1, 0.15) is 57.2 Å². The third-order valence-electron chi connectivity index (χ3n) is 9.56. The van der Waals surface area contributed by atoms with E-state index in [0.717, 1.165) is 0 Å². The molecule has 1 aliphatic heterocycles. The molecule has 4 aromatic rings. The van der Waals surface area contributed by atoms with Gasteiger partial charge in [0.1, 0.15) is 0 Å². The number of hydrogen-bond donors (Lipinski definition) is 0. The van der Waals surface area contributed by atoms with E-state index >= 15 is 0 Å². The summed E-state index contributed by atoms with van der Waals surface area (Å²) in [5, 5.41) is 0. The molecular weight excluding hydrogens is 410 g/mol. The second-order valence-corrected chi connectivity index (χ2v) is 11.4. The van der Waals surface area contributed by atoms with Crippen LogP contribution >= 0.6 is 0 Å². The van der Waals surface area contributed by atoms with Crippen LogP contribution in [0.2, 0.25) is 0 Å². The highest BCUT2D eigenvalue weighted by Gasteiger charge is 2.63. The SMILES string of the molecule is CC1(C)c2ccccc2-c2ccc(-c3ccc4c(c3)C3(C)CCC3(C)N4c3ccccc3)cc21. The van der Waals surface area contributed by atoms with Gasteiger partial charge >= 0.3 is 0 Å². The van der Waals surface area contributed by atoms with Gasteiger partial charge in [-0.2, -0.15) is 0 Å². The summed E-state index contributed by atoms with van der Waals surface area (Å²) in [6, 6.07) is 34.2. The van der Waals surface area contributed by atoms with Gasteiger partial charge in [0.05, 0.1) is 5.54 Å². The van der Waals surface area contributed by atoms with Crippen molar-refractivity contribution < 1.29 is 0 Å². The van der Waals surface area contributed by atoms with Gasteiger partial charge in [0.25, 0.3) is 0 Å². The first-order chi connectivity index (χ1) is 16.3. The Bertz CT molecular complexity index is 1460. The Morgan fingerprint density at radius 3 is 1.97 bits per heavy atom. The van der Waals surface area contributed by atoms with Gasteiger partial charge in [-0.25, -0.2) is 0 Å². The van der Waals surface area contributed by atoms with E-state index in [2.05, 4.69) is 124 Å². The Balaban J connectivity index is 1.36. The lowest BCUT2D eigenvalue weighted by Gasteiger charge is -2.56. The molecule has 0 aromatic heterocycles. The summed E-state index contributed by atoms with van der Waals surface area (Å²) in [4.78, 5) is 2.61. The first kappa shape index (κ1) is 20.1. The summed E-state index contributed by atoms with van der Waals surface area (Å²) in [6.07, 6.45) is 2.48. The lowest BCUT2D eigenvalue weighted by molar-refractivity contribution is 0.133. The molecule has 0 saturated heterocycles. The molecule has 2 unspecified atom stereocenters. The minimum absolute atomic E-state index is 0.0291. The van der Waals surface area contributed by atoms with E-state index in [9.17, 15) is 0 Å². The van der Waals surface area contributed by atoms with E-state index < -0.39 is 0 Å². The molecule has 168 valence electrons. The molecule has 34 heavy (non-hydrogen) atoms. The van der Waals surface area contributed by atoms with E-state index in [4.69, 9.17) is 0 Å². The smallest absolute Gasteiger partial charge is 0.0518 e. The van der Waals surface area contributed by atoms with Crippen molar-refractivity contribution in [2.24, 2.45) is 0 Å². The first-order valence-corrected chi connectivity index (χ1v) is 12.6. The van der Waals surface area contributed by atoms with Crippen molar-refractivity contribution in [2.75, 3.05) is 4.90 Å². The zero-order chi connectivity index (χ0) is 23.3. The zero-order valence-electron chi connectivity index (χ0n) is 20.5. The number of rotatable bonds is 2. The fourth-order valence-corrected chi connectivity index (χ4v) is 7.15. The van der Waals surface area contributed by atoms with Gasteiger partial charge in [-0.15, -0.1) is 0 Å². The zero-order valence-corrected chi connectivity index (χ0v) is 20.5. The van der Waals surface area contributed by atoms with Crippen molar-refractivity contribution in [3.8, 4) is 22.3 Å². The van der Waals surface area contributed by atoms with Crippen LogP contribution in [0.4, 0.5) is 11.4 Å². The molecule has 1 heteroatoms. The van der Waals surface area contributed by atoms with Gasteiger partial charge in [-0.3, -0.25) is 0 Å². The van der Waals surface area contributed by atoms with Crippen LogP contribution in [0, 0.1) is 0 Å². The van der Waals surface area contributed by atoms with Gasteiger partial charge < -0.3 is 4.90 Å². The van der Waals surface area contributed by atoms with Gasteiger partial charge in [0.2, 0.25) is 0 Å². The Hall–Kier alpha value is -3.32. The molecule has 0 N–H and O–H groups in total. The molecule has 3 aliphatic rings. The van der Waals surface area contributed by atoms with E-state index in [-0.39, 0.29) is 16.4 Å². The molecule has 7 rings (SSSR count). The molecule has 2 atom stereocenters. The number of nitrogens with zero attached hydrogens (tertiary/aromatic N) is 1. The van der Waals surface area contributed by atoms with E-state index in [1.807, 2.05) is 0 Å². The average molecular weight is 442 g/mol. The van der Waals surface area contributed by atoms with Crippen molar-refractivity contribution in [1.29, 1.82) is 0 Å². The quantitative estimate of drug-likeness (QED) is 0.301. The maximum absolute atomic E-state index is 2.61. The molecule has 0 radical (unpaired) electrons. The molecule has 4 aromatic carbocycles. The number of para-hydroxylation sites is 1. The predicted octanol–water partition coefficient (Wildman–Crippen LogP) is 8.62. The highest BCUT2D eigenvalue weighted by molar-refractivity contribution is 5.85. The lowest BCUT2D eigenvalue weighted by atomic mass is 9.55. The van der Waals surface area contributed by atoms with Crippen molar-refractivity contribution in [1.82, 2.24) is 0 Å². The van der Waals surface area contributed by atoms with Crippen LogP contribution in [0.15, 0.2) is 91.0 Å². The third-order valence-corrected chi connectivity index (χ3v) is 9.56. The summed E-state index contributed by atoms with van der Waals surface area (Å²) in [6.45, 7) is 9.66. The number of fused-ring (bicyclic) bond motifs is 6. The van der Waals surface area contributed by atoms with Gasteiger partial charge in [0.15, 0.2) is 0 Å². The minimum Gasteiger partial charge on any atom is -0.334 e. The van der Waals surface area contributed by atoms with Crippen LogP contribution < -0.4 is 4.90 Å². The van der Waals surface area contributed by atoms with Crippen LogP contribution in [-0.2, 0) is 10.8 Å². The second-order valence-electron chi connectivity index (χ2n) is 11.4. The van der Waals surface area contributed by atoms with E-state index in [1.54, 1.807) is 0 Å². The maximum Gasteiger partial charge on any atom is 0.0518 e. The Kier molecular flexibility index (Phi) is 3.79. The van der Waals surface area contributed by atoms with Gasteiger partial charge in [0, 0.05) is 22.2 Å². The highest BCUT2D eigenvalue weighted by Crippen LogP contribution is 2.65. The fourth-order valence-electron chi connectivity index (χ4n) is 7.15. The van der Waals surface area contributed by atoms with Gasteiger partial charge in [-0.1, -0.05) is 81.4 Å². The minimum atomic E-state index is 0.0291. The average Bonchev–Trinajstić information content (AvgIpc) is 3.16. The van der Waals surface area contributed by atoms with Crippen LogP contribution in [0.5, 0.6) is 0 Å². The van der Waals surface area contributed by atoms with Crippen LogP contribution in [-0.4, -0.2) is 5.54 Å². The molecule has 1 heterocycles. The normalized spacial score (nSPS) is 25.2. The Morgan fingerprint density at radius 1 is 0.588 bits per heavy atom. The Labute approximate surface area is 203 Å². The lowest BCUT2D eigenvalue weighted by Crippen LogP contribution is -2.60. The molecule has 2 aliphatic carbocycles. The predicted molar refractivity (Wildman–Crippen MR) is 143 cm³/mol. The topological polar surface area (TPSA) is 3.24 Å². The van der Waals surface area contributed by atoms with E-state index in [0.29, 0.717) is 0 Å². The third kappa shape index (κ3) is 2.30. The summed E-state index contributed by atoms with van der Waals surface area (Å²) in [5.74, 6) is 0. The van der Waals surface area contributed by atoms with Crippen molar-refractivity contribution in [3.63, 3.8) is 0 Å². The monoisotopic (exact) mass is 441 g/mol. The molecule has 0 spiro atoms. The number of hydrogen-bond acceptors (Lipinski definition) is 1. The first-order valence-electron chi connectivity index (χ1n) is 12.6. The van der Waals surface area contributed by atoms with E-state index in [1.165, 1.54) is 63.2 Å². The molecule has 0 bridgehead atoms. The standard InChI is InChI=1S/C33H31N/c1-31(2)27-13-9-8-12-25(27)26-16-14-22(20-28(26)31)23-15-17-30-29(21-23)32(3)18-19-33(32,4)34(30)24-10-6-5-7-11-24/h5-17,20-21H,18-19H2,1-4H3.